The van der Waals surface area contributed by atoms with Crippen LogP contribution in [0.4, 0.5) is 10.5 Å². The molecule has 0 bridgehead atoms. The van der Waals surface area contributed by atoms with Crippen LogP contribution >= 0.6 is 0 Å². The van der Waals surface area contributed by atoms with Crippen molar-refractivity contribution in [2.45, 2.75) is 19.5 Å². The van der Waals surface area contributed by atoms with E-state index in [0.717, 1.165) is 5.69 Å². The first-order valence-electron chi connectivity index (χ1n) is 4.54. The van der Waals surface area contributed by atoms with E-state index < -0.39 is 0 Å². The lowest BCUT2D eigenvalue weighted by molar-refractivity contribution is 0.235. The van der Waals surface area contributed by atoms with E-state index in [-0.39, 0.29) is 11.7 Å². The van der Waals surface area contributed by atoms with Gasteiger partial charge in [0.1, 0.15) is 5.66 Å². The average molecular weight is 191 g/mol. The summed E-state index contributed by atoms with van der Waals surface area (Å²) < 4.78 is 0. The minimum atomic E-state index is -0.209. The summed E-state index contributed by atoms with van der Waals surface area (Å²) >= 11 is 0. The Morgan fingerprint density at radius 1 is 1.36 bits per heavy atom. The molecule has 1 fully saturated rings. The number of carbonyl (C=O) groups excluding carboxylic acids is 1. The van der Waals surface area contributed by atoms with Crippen molar-refractivity contribution in [1.82, 2.24) is 10.4 Å². The Bertz CT molecular complexity index is 348. The SMILES string of the molecule is CC1(C)NN1C(=O)Nc1ccccc1. The molecule has 0 aliphatic carbocycles. The summed E-state index contributed by atoms with van der Waals surface area (Å²) in [6.45, 7) is 3.88. The number of amides is 2. The first kappa shape index (κ1) is 9.02. The Morgan fingerprint density at radius 3 is 2.43 bits per heavy atom. The van der Waals surface area contributed by atoms with Gasteiger partial charge >= 0.3 is 6.03 Å². The van der Waals surface area contributed by atoms with Gasteiger partial charge in [-0.3, -0.25) is 0 Å². The molecule has 14 heavy (non-hydrogen) atoms. The number of urea groups is 1. The fourth-order valence-electron chi connectivity index (χ4n) is 1.25. The highest BCUT2D eigenvalue weighted by atomic mass is 16.2. The highest BCUT2D eigenvalue weighted by Gasteiger charge is 2.46. The molecule has 0 aromatic heterocycles. The Morgan fingerprint density at radius 2 is 1.93 bits per heavy atom. The van der Waals surface area contributed by atoms with Gasteiger partial charge in [0.25, 0.3) is 0 Å². The molecule has 0 unspecified atom stereocenters. The van der Waals surface area contributed by atoms with E-state index in [1.54, 1.807) is 5.01 Å². The molecule has 1 aromatic carbocycles. The van der Waals surface area contributed by atoms with Crippen LogP contribution < -0.4 is 10.7 Å². The molecule has 74 valence electrons. The smallest absolute Gasteiger partial charge is 0.307 e. The third-order valence-electron chi connectivity index (χ3n) is 2.12. The molecule has 2 rings (SSSR count). The quantitative estimate of drug-likeness (QED) is 0.665. The average Bonchev–Trinajstić information content (AvgIpc) is 2.77. The molecular formula is C10H13N3O. The molecule has 4 heteroatoms. The van der Waals surface area contributed by atoms with Crippen LogP contribution in [0.5, 0.6) is 0 Å². The van der Waals surface area contributed by atoms with E-state index in [9.17, 15) is 4.79 Å². The fraction of sp³-hybridized carbons (Fsp3) is 0.300. The fourth-order valence-corrected chi connectivity index (χ4v) is 1.25. The summed E-state index contributed by atoms with van der Waals surface area (Å²) in [6, 6.07) is 9.27. The Kier molecular flexibility index (Phi) is 1.93. The van der Waals surface area contributed by atoms with Gasteiger partial charge in [0.2, 0.25) is 0 Å². The number of hydrogen-bond donors (Lipinski definition) is 2. The van der Waals surface area contributed by atoms with Gasteiger partial charge in [0, 0.05) is 5.69 Å². The number of para-hydroxylation sites is 1. The lowest BCUT2D eigenvalue weighted by Gasteiger charge is -2.06. The zero-order chi connectivity index (χ0) is 10.2. The lowest BCUT2D eigenvalue weighted by Crippen LogP contribution is -2.24. The molecule has 1 aliphatic rings. The molecule has 1 heterocycles. The maximum absolute atomic E-state index is 11.5. The van der Waals surface area contributed by atoms with Crippen LogP contribution in [0.2, 0.25) is 0 Å². The van der Waals surface area contributed by atoms with Crippen molar-refractivity contribution in [1.29, 1.82) is 0 Å². The largest absolute Gasteiger partial charge is 0.338 e. The van der Waals surface area contributed by atoms with Crippen LogP contribution in [0.25, 0.3) is 0 Å². The maximum atomic E-state index is 11.5. The standard InChI is InChI=1S/C10H13N3O/c1-10(2)12-13(10)9(14)11-8-6-4-3-5-7-8/h3-7,12H,1-2H3,(H,11,14). The Balaban J connectivity index is 1.97. The van der Waals surface area contributed by atoms with E-state index >= 15 is 0 Å². The Labute approximate surface area is 82.9 Å². The van der Waals surface area contributed by atoms with E-state index in [4.69, 9.17) is 0 Å². The van der Waals surface area contributed by atoms with Gasteiger partial charge in [-0.25, -0.2) is 15.2 Å². The van der Waals surface area contributed by atoms with Crippen LogP contribution in [0.3, 0.4) is 0 Å². The third kappa shape index (κ3) is 1.70. The number of nitrogens with zero attached hydrogens (tertiary/aromatic N) is 1. The summed E-state index contributed by atoms with van der Waals surface area (Å²) in [5, 5.41) is 4.34. The maximum Gasteiger partial charge on any atom is 0.338 e. The first-order chi connectivity index (χ1) is 6.59. The lowest BCUT2D eigenvalue weighted by atomic mass is 10.3. The minimum absolute atomic E-state index is 0.124. The van der Waals surface area contributed by atoms with Crippen LogP contribution in [-0.4, -0.2) is 16.7 Å². The summed E-state index contributed by atoms with van der Waals surface area (Å²) in [5.74, 6) is 0. The number of anilines is 1. The number of hydrogen-bond acceptors (Lipinski definition) is 2. The molecule has 2 N–H and O–H groups in total. The third-order valence-corrected chi connectivity index (χ3v) is 2.12. The molecule has 0 spiro atoms. The van der Waals surface area contributed by atoms with Gasteiger partial charge in [0.15, 0.2) is 0 Å². The molecule has 2 amide bonds. The number of benzene rings is 1. The summed E-state index contributed by atoms with van der Waals surface area (Å²) in [7, 11) is 0. The van der Waals surface area contributed by atoms with Crippen LogP contribution in [-0.2, 0) is 0 Å². The molecule has 1 aromatic rings. The predicted molar refractivity (Wildman–Crippen MR) is 54.5 cm³/mol. The molecule has 0 radical (unpaired) electrons. The van der Waals surface area contributed by atoms with Gasteiger partial charge in [0.05, 0.1) is 0 Å². The molecule has 0 atom stereocenters. The zero-order valence-electron chi connectivity index (χ0n) is 8.24. The second-order valence-electron chi connectivity index (χ2n) is 3.80. The highest BCUT2D eigenvalue weighted by molar-refractivity contribution is 5.90. The van der Waals surface area contributed by atoms with Crippen molar-refractivity contribution in [2.24, 2.45) is 0 Å². The van der Waals surface area contributed by atoms with Gasteiger partial charge < -0.3 is 5.32 Å². The summed E-state index contributed by atoms with van der Waals surface area (Å²) in [4.78, 5) is 11.5. The molecule has 1 saturated heterocycles. The normalized spacial score (nSPS) is 17.7. The summed E-state index contributed by atoms with van der Waals surface area (Å²) in [6.07, 6.45) is 0. The zero-order valence-corrected chi connectivity index (χ0v) is 8.24. The van der Waals surface area contributed by atoms with Gasteiger partial charge in [-0.05, 0) is 26.0 Å². The monoisotopic (exact) mass is 191 g/mol. The number of hydrazine groups is 1. The van der Waals surface area contributed by atoms with Crippen molar-refractivity contribution in [3.63, 3.8) is 0 Å². The number of rotatable bonds is 1. The van der Waals surface area contributed by atoms with Gasteiger partial charge in [-0.15, -0.1) is 0 Å². The van der Waals surface area contributed by atoms with Crippen LogP contribution in [0.15, 0.2) is 30.3 Å². The number of nitrogens with one attached hydrogen (secondary N) is 2. The van der Waals surface area contributed by atoms with Crippen molar-refractivity contribution in [2.75, 3.05) is 5.32 Å². The molecular weight excluding hydrogens is 178 g/mol. The van der Waals surface area contributed by atoms with Gasteiger partial charge in [-0.2, -0.15) is 0 Å². The van der Waals surface area contributed by atoms with Crippen molar-refractivity contribution in [3.8, 4) is 0 Å². The number of carbonyl (C=O) groups is 1. The van der Waals surface area contributed by atoms with Gasteiger partial charge in [-0.1, -0.05) is 18.2 Å². The van der Waals surface area contributed by atoms with E-state index in [2.05, 4.69) is 10.7 Å². The first-order valence-corrected chi connectivity index (χ1v) is 4.54. The second kappa shape index (κ2) is 2.99. The van der Waals surface area contributed by atoms with Crippen molar-refractivity contribution in [3.05, 3.63) is 30.3 Å². The van der Waals surface area contributed by atoms with E-state index in [0.29, 0.717) is 0 Å². The summed E-state index contributed by atoms with van der Waals surface area (Å²) in [5.41, 5.74) is 3.55. The highest BCUT2D eigenvalue weighted by Crippen LogP contribution is 2.23. The van der Waals surface area contributed by atoms with E-state index in [1.165, 1.54) is 0 Å². The molecule has 0 saturated carbocycles. The van der Waals surface area contributed by atoms with Crippen LogP contribution in [0.1, 0.15) is 13.8 Å². The van der Waals surface area contributed by atoms with Crippen LogP contribution in [0, 0.1) is 0 Å². The predicted octanol–water partition coefficient (Wildman–Crippen LogP) is 1.77. The second-order valence-corrected chi connectivity index (χ2v) is 3.80. The topological polar surface area (TPSA) is 54.1 Å². The van der Waals surface area contributed by atoms with Crippen molar-refractivity contribution < 1.29 is 4.79 Å². The Hall–Kier alpha value is -1.55. The molecule has 1 aliphatic heterocycles. The van der Waals surface area contributed by atoms with Crippen molar-refractivity contribution >= 4 is 11.7 Å². The van der Waals surface area contributed by atoms with E-state index in [1.807, 2.05) is 44.2 Å². The molecule has 4 nitrogen and oxygen atoms in total. The minimum Gasteiger partial charge on any atom is -0.307 e.